The number of anilines is 1. The first kappa shape index (κ1) is 14.5. The Hall–Kier alpha value is -1.95. The molecule has 1 saturated heterocycles. The first-order chi connectivity index (χ1) is 9.56. The average molecular weight is 280 g/mol. The molecule has 0 radical (unpaired) electrons. The van der Waals surface area contributed by atoms with Gasteiger partial charge < -0.3 is 15.7 Å². The van der Waals surface area contributed by atoms with Crippen LogP contribution in [0, 0.1) is 11.7 Å². The van der Waals surface area contributed by atoms with Gasteiger partial charge in [-0.2, -0.15) is 0 Å². The number of carboxylic acids is 1. The van der Waals surface area contributed by atoms with Gasteiger partial charge in [0.2, 0.25) is 5.91 Å². The van der Waals surface area contributed by atoms with E-state index in [1.54, 1.807) is 0 Å². The number of rotatable bonds is 5. The van der Waals surface area contributed by atoms with Crippen LogP contribution in [-0.4, -0.2) is 30.1 Å². The SMILES string of the molecule is O=C(CCC1CCNC1)Nc1cc(F)ccc1C(=O)O. The van der Waals surface area contributed by atoms with Crippen molar-refractivity contribution in [2.45, 2.75) is 19.3 Å². The molecule has 0 aliphatic carbocycles. The van der Waals surface area contributed by atoms with Crippen LogP contribution in [0.15, 0.2) is 18.2 Å². The number of benzene rings is 1. The molecule has 1 aromatic rings. The molecule has 1 unspecified atom stereocenters. The van der Waals surface area contributed by atoms with Gasteiger partial charge in [-0.25, -0.2) is 9.18 Å². The van der Waals surface area contributed by atoms with E-state index in [-0.39, 0.29) is 17.2 Å². The smallest absolute Gasteiger partial charge is 0.337 e. The van der Waals surface area contributed by atoms with Crippen molar-refractivity contribution in [3.05, 3.63) is 29.6 Å². The third-order valence-electron chi connectivity index (χ3n) is 3.43. The van der Waals surface area contributed by atoms with Crippen LogP contribution in [0.4, 0.5) is 10.1 Å². The molecule has 1 aromatic carbocycles. The summed E-state index contributed by atoms with van der Waals surface area (Å²) in [6, 6.07) is 3.23. The zero-order valence-corrected chi connectivity index (χ0v) is 11.0. The fourth-order valence-corrected chi connectivity index (χ4v) is 2.32. The van der Waals surface area contributed by atoms with Crippen molar-refractivity contribution in [2.24, 2.45) is 5.92 Å². The summed E-state index contributed by atoms with van der Waals surface area (Å²) in [5.41, 5.74) is -0.102. The number of halogens is 1. The van der Waals surface area contributed by atoms with Gasteiger partial charge in [-0.05, 0) is 50.0 Å². The first-order valence-corrected chi connectivity index (χ1v) is 6.59. The molecule has 1 heterocycles. The molecule has 0 aromatic heterocycles. The van der Waals surface area contributed by atoms with Crippen molar-refractivity contribution in [2.75, 3.05) is 18.4 Å². The summed E-state index contributed by atoms with van der Waals surface area (Å²) in [5.74, 6) is -1.58. The molecule has 0 bridgehead atoms. The van der Waals surface area contributed by atoms with Gasteiger partial charge in [-0.1, -0.05) is 0 Å². The maximum atomic E-state index is 13.1. The molecule has 1 aliphatic rings. The quantitative estimate of drug-likeness (QED) is 0.769. The average Bonchev–Trinajstić information content (AvgIpc) is 2.89. The monoisotopic (exact) mass is 280 g/mol. The number of amides is 1. The summed E-state index contributed by atoms with van der Waals surface area (Å²) in [6.07, 6.45) is 2.10. The minimum absolute atomic E-state index is 0.00652. The highest BCUT2D eigenvalue weighted by atomic mass is 19.1. The second kappa shape index (κ2) is 6.47. The second-order valence-corrected chi connectivity index (χ2v) is 4.94. The topological polar surface area (TPSA) is 78.4 Å². The van der Waals surface area contributed by atoms with Crippen LogP contribution in [0.2, 0.25) is 0 Å². The van der Waals surface area contributed by atoms with Gasteiger partial charge in [-0.15, -0.1) is 0 Å². The fourth-order valence-electron chi connectivity index (χ4n) is 2.32. The van der Waals surface area contributed by atoms with E-state index in [0.29, 0.717) is 12.3 Å². The maximum absolute atomic E-state index is 13.1. The van der Waals surface area contributed by atoms with Crippen molar-refractivity contribution in [3.63, 3.8) is 0 Å². The van der Waals surface area contributed by atoms with E-state index in [2.05, 4.69) is 10.6 Å². The zero-order chi connectivity index (χ0) is 14.5. The van der Waals surface area contributed by atoms with Crippen LogP contribution >= 0.6 is 0 Å². The van der Waals surface area contributed by atoms with Gasteiger partial charge in [0.1, 0.15) is 5.82 Å². The highest BCUT2D eigenvalue weighted by Gasteiger charge is 2.17. The number of hydrogen-bond acceptors (Lipinski definition) is 3. The van der Waals surface area contributed by atoms with Crippen molar-refractivity contribution < 1.29 is 19.1 Å². The van der Waals surface area contributed by atoms with Crippen molar-refractivity contribution in [1.82, 2.24) is 5.32 Å². The lowest BCUT2D eigenvalue weighted by Crippen LogP contribution is -2.17. The third-order valence-corrected chi connectivity index (χ3v) is 3.43. The van der Waals surface area contributed by atoms with Gasteiger partial charge in [0, 0.05) is 6.42 Å². The van der Waals surface area contributed by atoms with Crippen molar-refractivity contribution >= 4 is 17.6 Å². The molecule has 3 N–H and O–H groups in total. The Morgan fingerprint density at radius 1 is 1.45 bits per heavy atom. The molecule has 5 nitrogen and oxygen atoms in total. The molecule has 1 atom stereocenters. The van der Waals surface area contributed by atoms with E-state index < -0.39 is 11.8 Å². The van der Waals surface area contributed by atoms with E-state index in [4.69, 9.17) is 5.11 Å². The lowest BCUT2D eigenvalue weighted by Gasteiger charge is -2.10. The number of carbonyl (C=O) groups excluding carboxylic acids is 1. The van der Waals surface area contributed by atoms with Crippen LogP contribution in [-0.2, 0) is 4.79 Å². The number of aromatic carboxylic acids is 1. The highest BCUT2D eigenvalue weighted by Crippen LogP contribution is 2.19. The fraction of sp³-hybridized carbons (Fsp3) is 0.429. The van der Waals surface area contributed by atoms with E-state index in [1.807, 2.05) is 0 Å². The lowest BCUT2D eigenvalue weighted by atomic mass is 10.0. The van der Waals surface area contributed by atoms with Crippen LogP contribution in [0.1, 0.15) is 29.6 Å². The Kier molecular flexibility index (Phi) is 4.68. The Labute approximate surface area is 116 Å². The molecule has 20 heavy (non-hydrogen) atoms. The summed E-state index contributed by atoms with van der Waals surface area (Å²) in [4.78, 5) is 22.8. The maximum Gasteiger partial charge on any atom is 0.337 e. The lowest BCUT2D eigenvalue weighted by molar-refractivity contribution is -0.116. The van der Waals surface area contributed by atoms with Gasteiger partial charge in [0.05, 0.1) is 11.3 Å². The number of carboxylic acid groups (broad SMARTS) is 1. The molecule has 2 rings (SSSR count). The molecule has 1 fully saturated rings. The zero-order valence-electron chi connectivity index (χ0n) is 11.0. The van der Waals surface area contributed by atoms with Crippen LogP contribution in [0.3, 0.4) is 0 Å². The largest absolute Gasteiger partial charge is 0.478 e. The standard InChI is InChI=1S/C14H17FN2O3/c15-10-2-3-11(14(19)20)12(7-10)17-13(18)4-1-9-5-6-16-8-9/h2-3,7,9,16H,1,4-6,8H2,(H,17,18)(H,19,20). The van der Waals surface area contributed by atoms with E-state index in [9.17, 15) is 14.0 Å². The predicted molar refractivity (Wildman–Crippen MR) is 72.2 cm³/mol. The summed E-state index contributed by atoms with van der Waals surface area (Å²) in [5, 5.41) is 14.7. The predicted octanol–water partition coefficient (Wildman–Crippen LogP) is 1.85. The number of hydrogen-bond donors (Lipinski definition) is 3. The normalized spacial score (nSPS) is 17.9. The molecule has 0 saturated carbocycles. The summed E-state index contributed by atoms with van der Waals surface area (Å²) in [6.45, 7) is 1.88. The summed E-state index contributed by atoms with van der Waals surface area (Å²) < 4.78 is 13.1. The van der Waals surface area contributed by atoms with Gasteiger partial charge >= 0.3 is 5.97 Å². The van der Waals surface area contributed by atoms with Crippen molar-refractivity contribution in [3.8, 4) is 0 Å². The molecular formula is C14H17FN2O3. The van der Waals surface area contributed by atoms with Crippen molar-refractivity contribution in [1.29, 1.82) is 0 Å². The Bertz CT molecular complexity index is 513. The number of carbonyl (C=O) groups is 2. The first-order valence-electron chi connectivity index (χ1n) is 6.59. The molecule has 0 spiro atoms. The van der Waals surface area contributed by atoms with Crippen LogP contribution < -0.4 is 10.6 Å². The summed E-state index contributed by atoms with van der Waals surface area (Å²) >= 11 is 0. The summed E-state index contributed by atoms with van der Waals surface area (Å²) in [7, 11) is 0. The van der Waals surface area contributed by atoms with Gasteiger partial charge in [0.25, 0.3) is 0 Å². The molecular weight excluding hydrogens is 263 g/mol. The van der Waals surface area contributed by atoms with Gasteiger partial charge in [0.15, 0.2) is 0 Å². The van der Waals surface area contributed by atoms with Crippen LogP contribution in [0.25, 0.3) is 0 Å². The highest BCUT2D eigenvalue weighted by molar-refractivity contribution is 6.00. The second-order valence-electron chi connectivity index (χ2n) is 4.94. The molecule has 1 amide bonds. The minimum Gasteiger partial charge on any atom is -0.478 e. The molecule has 6 heteroatoms. The van der Waals surface area contributed by atoms with Gasteiger partial charge in [-0.3, -0.25) is 4.79 Å². The van der Waals surface area contributed by atoms with E-state index in [1.165, 1.54) is 0 Å². The van der Waals surface area contributed by atoms with E-state index in [0.717, 1.165) is 44.1 Å². The van der Waals surface area contributed by atoms with E-state index >= 15 is 0 Å². The number of nitrogens with one attached hydrogen (secondary N) is 2. The Morgan fingerprint density at radius 3 is 2.90 bits per heavy atom. The minimum atomic E-state index is -1.19. The molecule has 1 aliphatic heterocycles. The Morgan fingerprint density at radius 2 is 2.25 bits per heavy atom. The molecule has 108 valence electrons. The van der Waals surface area contributed by atoms with Crippen LogP contribution in [0.5, 0.6) is 0 Å². The third kappa shape index (κ3) is 3.77. The Balaban J connectivity index is 1.96.